The highest BCUT2D eigenvalue weighted by Gasteiger charge is 2.37. The third-order valence-electron chi connectivity index (χ3n) is 5.26. The molecule has 1 aliphatic carbocycles. The van der Waals surface area contributed by atoms with Crippen LogP contribution in [0.1, 0.15) is 52.9 Å². The van der Waals surface area contributed by atoms with Crippen LogP contribution in [0.5, 0.6) is 0 Å². The van der Waals surface area contributed by atoms with Crippen molar-refractivity contribution in [2.45, 2.75) is 58.9 Å². The average Bonchev–Trinajstić information content (AvgIpc) is 2.95. The van der Waals surface area contributed by atoms with E-state index in [1.807, 2.05) is 0 Å². The molecule has 0 radical (unpaired) electrons. The molecule has 1 aliphatic rings. The number of carbonyl (C=O) groups is 2. The van der Waals surface area contributed by atoms with Crippen LogP contribution in [0.15, 0.2) is 4.99 Å². The van der Waals surface area contributed by atoms with Gasteiger partial charge in [-0.25, -0.2) is 5.84 Å². The number of nitrogens with one attached hydrogen (secondary N) is 2. The Morgan fingerprint density at radius 2 is 2.12 bits per heavy atom. The van der Waals surface area contributed by atoms with Crippen molar-refractivity contribution in [1.82, 2.24) is 10.7 Å². The van der Waals surface area contributed by atoms with Gasteiger partial charge >= 0.3 is 5.97 Å². The molecule has 5 N–H and O–H groups in total. The minimum absolute atomic E-state index is 0.000446. The van der Waals surface area contributed by atoms with Crippen molar-refractivity contribution < 1.29 is 14.7 Å². The lowest BCUT2D eigenvalue weighted by molar-refractivity contribution is -0.141. The van der Waals surface area contributed by atoms with Gasteiger partial charge in [0.25, 0.3) is 0 Å². The first-order valence-electron chi connectivity index (χ1n) is 8.83. The van der Waals surface area contributed by atoms with E-state index in [2.05, 4.69) is 29.6 Å². The number of hydrazine groups is 1. The molecule has 7 heteroatoms. The average molecular weight is 340 g/mol. The third-order valence-corrected chi connectivity index (χ3v) is 5.26. The Kier molecular flexibility index (Phi) is 8.74. The number of amides is 1. The highest BCUT2D eigenvalue weighted by atomic mass is 16.4. The minimum atomic E-state index is -0.732. The van der Waals surface area contributed by atoms with E-state index in [-0.39, 0.29) is 23.8 Å². The third kappa shape index (κ3) is 6.47. The lowest BCUT2D eigenvalue weighted by Crippen LogP contribution is -2.30. The zero-order valence-corrected chi connectivity index (χ0v) is 15.0. The summed E-state index contributed by atoms with van der Waals surface area (Å²) in [5, 5.41) is 12.2. The molecule has 5 atom stereocenters. The lowest BCUT2D eigenvalue weighted by Gasteiger charge is -2.25. The first-order valence-corrected chi connectivity index (χ1v) is 8.83. The Morgan fingerprint density at radius 1 is 1.42 bits per heavy atom. The predicted molar refractivity (Wildman–Crippen MR) is 94.3 cm³/mol. The second-order valence-corrected chi connectivity index (χ2v) is 6.94. The van der Waals surface area contributed by atoms with Crippen LogP contribution in [0.25, 0.3) is 0 Å². The van der Waals surface area contributed by atoms with Crippen LogP contribution in [-0.2, 0) is 9.59 Å². The molecule has 3 unspecified atom stereocenters. The molecule has 1 rings (SSSR count). The fraction of sp³-hybridized carbons (Fsp3) is 0.824. The van der Waals surface area contributed by atoms with Crippen LogP contribution >= 0.6 is 0 Å². The fourth-order valence-electron chi connectivity index (χ4n) is 3.73. The maximum absolute atomic E-state index is 11.3. The number of hydrogen-bond acceptors (Lipinski definition) is 4. The van der Waals surface area contributed by atoms with Gasteiger partial charge in [-0.15, -0.1) is 0 Å². The van der Waals surface area contributed by atoms with E-state index in [4.69, 9.17) is 5.84 Å². The zero-order chi connectivity index (χ0) is 18.1. The summed E-state index contributed by atoms with van der Waals surface area (Å²) < 4.78 is 0. The largest absolute Gasteiger partial charge is 0.481 e. The minimum Gasteiger partial charge on any atom is -0.481 e. The quantitative estimate of drug-likeness (QED) is 0.208. The summed E-state index contributed by atoms with van der Waals surface area (Å²) in [7, 11) is 0. The number of carboxylic acid groups (broad SMARTS) is 1. The maximum atomic E-state index is 11.3. The van der Waals surface area contributed by atoms with Crippen molar-refractivity contribution in [3.63, 3.8) is 0 Å². The van der Waals surface area contributed by atoms with Gasteiger partial charge in [-0.1, -0.05) is 20.3 Å². The van der Waals surface area contributed by atoms with Gasteiger partial charge in [-0.05, 0) is 43.4 Å². The molecule has 1 amide bonds. The van der Waals surface area contributed by atoms with Gasteiger partial charge < -0.3 is 15.8 Å². The molecule has 0 saturated heterocycles. The van der Waals surface area contributed by atoms with Crippen LogP contribution in [0.2, 0.25) is 0 Å². The molecule has 0 aromatic heterocycles. The number of carbonyl (C=O) groups excluding carboxylic acids is 1. The molecule has 0 heterocycles. The molecule has 0 bridgehead atoms. The summed E-state index contributed by atoms with van der Waals surface area (Å²) >= 11 is 0. The van der Waals surface area contributed by atoms with E-state index in [1.165, 1.54) is 13.3 Å². The van der Waals surface area contributed by atoms with E-state index in [0.717, 1.165) is 19.3 Å². The van der Waals surface area contributed by atoms with Crippen LogP contribution in [0, 0.1) is 23.7 Å². The summed E-state index contributed by atoms with van der Waals surface area (Å²) in [6, 6.07) is 0.0188. The number of aliphatic imine (C=N–C) groups is 1. The highest BCUT2D eigenvalue weighted by molar-refractivity contribution is 5.72. The first kappa shape index (κ1) is 20.4. The van der Waals surface area contributed by atoms with Gasteiger partial charge in [0, 0.05) is 13.5 Å². The molecule has 138 valence electrons. The summed E-state index contributed by atoms with van der Waals surface area (Å²) in [5.41, 5.74) is 2.40. The molecule has 24 heavy (non-hydrogen) atoms. The molecule has 7 nitrogen and oxygen atoms in total. The van der Waals surface area contributed by atoms with Gasteiger partial charge in [0.05, 0.1) is 18.3 Å². The van der Waals surface area contributed by atoms with E-state index >= 15 is 0 Å². The van der Waals surface area contributed by atoms with Gasteiger partial charge in [-0.3, -0.25) is 14.6 Å². The second-order valence-electron chi connectivity index (χ2n) is 6.94. The monoisotopic (exact) mass is 340 g/mol. The van der Waals surface area contributed by atoms with Gasteiger partial charge in [-0.2, -0.15) is 0 Å². The Morgan fingerprint density at radius 3 is 2.67 bits per heavy atom. The van der Waals surface area contributed by atoms with Gasteiger partial charge in [0.15, 0.2) is 0 Å². The number of aliphatic carboxylic acids is 1. The SMILES string of the molecule is CC[C@H](CCC1CC(C(=O)O)C[C@H]1N=CNN)C(C)CNC(C)=O. The summed E-state index contributed by atoms with van der Waals surface area (Å²) in [6.45, 7) is 6.55. The van der Waals surface area contributed by atoms with Crippen molar-refractivity contribution in [2.24, 2.45) is 34.5 Å². The Bertz CT molecular complexity index is 442. The molecule has 1 fully saturated rings. The summed E-state index contributed by atoms with van der Waals surface area (Å²) in [4.78, 5) is 26.7. The second kappa shape index (κ2) is 10.3. The van der Waals surface area contributed by atoms with Gasteiger partial charge in [0.2, 0.25) is 5.91 Å². The molecule has 0 aliphatic heterocycles. The highest BCUT2D eigenvalue weighted by Crippen LogP contribution is 2.38. The van der Waals surface area contributed by atoms with Crippen molar-refractivity contribution in [1.29, 1.82) is 0 Å². The topological polar surface area (TPSA) is 117 Å². The normalized spacial score (nSPS) is 26.2. The summed E-state index contributed by atoms with van der Waals surface area (Å²) in [5.74, 6) is 5.39. The number of carboxylic acids is 1. The molecular weight excluding hydrogens is 308 g/mol. The van der Waals surface area contributed by atoms with E-state index in [1.54, 1.807) is 0 Å². The van der Waals surface area contributed by atoms with Gasteiger partial charge in [0.1, 0.15) is 0 Å². The van der Waals surface area contributed by atoms with Crippen molar-refractivity contribution in [3.05, 3.63) is 0 Å². The maximum Gasteiger partial charge on any atom is 0.306 e. The fourth-order valence-corrected chi connectivity index (χ4v) is 3.73. The van der Waals surface area contributed by atoms with Crippen molar-refractivity contribution in [2.75, 3.05) is 6.54 Å². The smallest absolute Gasteiger partial charge is 0.306 e. The summed E-state index contributed by atoms with van der Waals surface area (Å²) in [6.07, 6.45) is 5.75. The lowest BCUT2D eigenvalue weighted by atomic mass is 9.84. The predicted octanol–water partition coefficient (Wildman–Crippen LogP) is 1.54. The molecule has 0 aromatic rings. The van der Waals surface area contributed by atoms with Crippen molar-refractivity contribution in [3.8, 4) is 0 Å². The molecule has 0 spiro atoms. The molecule has 0 aromatic carbocycles. The first-order chi connectivity index (χ1) is 11.4. The number of hydrogen-bond donors (Lipinski definition) is 4. The van der Waals surface area contributed by atoms with Crippen molar-refractivity contribution >= 4 is 18.2 Å². The molecular formula is C17H32N4O3. The zero-order valence-electron chi connectivity index (χ0n) is 15.0. The molecule has 1 saturated carbocycles. The van der Waals surface area contributed by atoms with Crippen LogP contribution < -0.4 is 16.6 Å². The van der Waals surface area contributed by atoms with E-state index in [9.17, 15) is 14.7 Å². The van der Waals surface area contributed by atoms with Crippen LogP contribution in [0.4, 0.5) is 0 Å². The number of nitrogens with zero attached hydrogens (tertiary/aromatic N) is 1. The Hall–Kier alpha value is -1.63. The Labute approximate surface area is 144 Å². The van der Waals surface area contributed by atoms with Crippen LogP contribution in [0.3, 0.4) is 0 Å². The number of rotatable bonds is 10. The number of nitrogens with two attached hydrogens (primary N) is 1. The standard InChI is InChI=1S/C17H32N4O3/c1-4-13(11(2)9-19-12(3)22)5-6-14-7-15(17(23)24)8-16(14)20-10-21-18/h10-11,13-16H,4-9,18H2,1-3H3,(H,19,22)(H,20,21)(H,23,24)/t11?,13-,14?,15?,16-/m1/s1. The Balaban J connectivity index is 2.58. The van der Waals surface area contributed by atoms with E-state index < -0.39 is 5.97 Å². The van der Waals surface area contributed by atoms with Crippen LogP contribution in [-0.4, -0.2) is 35.9 Å². The van der Waals surface area contributed by atoms with E-state index in [0.29, 0.717) is 31.2 Å².